The van der Waals surface area contributed by atoms with Gasteiger partial charge in [-0.05, 0) is 36.3 Å². The first-order valence-electron chi connectivity index (χ1n) is 10.7. The first kappa shape index (κ1) is 21.0. The monoisotopic (exact) mass is 382 g/mol. The summed E-state index contributed by atoms with van der Waals surface area (Å²) in [6, 6.07) is 20.6. The molecule has 1 saturated carbocycles. The Morgan fingerprint density at radius 3 is 2.00 bits per heavy atom. The van der Waals surface area contributed by atoms with Gasteiger partial charge in [-0.2, -0.15) is 0 Å². The SMILES string of the molecule is c1ccc(COCCC(COCc2ccccc2)OCC2CCCCC2)cc1. The third-order valence-electron chi connectivity index (χ3n) is 5.40. The van der Waals surface area contributed by atoms with Gasteiger partial charge in [0.15, 0.2) is 0 Å². The molecular formula is C25H34O3. The predicted octanol–water partition coefficient (Wildman–Crippen LogP) is 5.78. The van der Waals surface area contributed by atoms with Crippen LogP contribution in [0.5, 0.6) is 0 Å². The molecule has 1 aliphatic rings. The van der Waals surface area contributed by atoms with Crippen LogP contribution in [0, 0.1) is 5.92 Å². The standard InChI is InChI=1S/C25H34O3/c1-4-10-22(11-5-1)18-26-17-16-25(28-20-24-14-8-3-9-15-24)21-27-19-23-12-6-2-7-13-23/h1-2,4-7,10-13,24-25H,3,8-9,14-21H2. The predicted molar refractivity (Wildman–Crippen MR) is 113 cm³/mol. The number of rotatable bonds is 12. The summed E-state index contributed by atoms with van der Waals surface area (Å²) in [5.41, 5.74) is 2.41. The molecular weight excluding hydrogens is 348 g/mol. The first-order chi connectivity index (χ1) is 13.9. The van der Waals surface area contributed by atoms with E-state index in [-0.39, 0.29) is 6.10 Å². The zero-order valence-corrected chi connectivity index (χ0v) is 16.9. The van der Waals surface area contributed by atoms with Crippen LogP contribution in [-0.4, -0.2) is 25.9 Å². The van der Waals surface area contributed by atoms with E-state index in [4.69, 9.17) is 14.2 Å². The molecule has 2 aromatic carbocycles. The molecule has 3 rings (SSSR count). The summed E-state index contributed by atoms with van der Waals surface area (Å²) in [5, 5.41) is 0. The second kappa shape index (κ2) is 12.7. The highest BCUT2D eigenvalue weighted by Gasteiger charge is 2.17. The summed E-state index contributed by atoms with van der Waals surface area (Å²) in [5.74, 6) is 0.718. The van der Waals surface area contributed by atoms with Crippen molar-refractivity contribution < 1.29 is 14.2 Å². The van der Waals surface area contributed by atoms with E-state index < -0.39 is 0 Å². The maximum absolute atomic E-state index is 6.27. The minimum atomic E-state index is 0.0985. The van der Waals surface area contributed by atoms with Gasteiger partial charge >= 0.3 is 0 Å². The molecule has 3 nitrogen and oxygen atoms in total. The van der Waals surface area contributed by atoms with Crippen molar-refractivity contribution >= 4 is 0 Å². The van der Waals surface area contributed by atoms with Gasteiger partial charge in [-0.3, -0.25) is 0 Å². The van der Waals surface area contributed by atoms with E-state index in [1.807, 2.05) is 36.4 Å². The molecule has 0 heterocycles. The lowest BCUT2D eigenvalue weighted by Crippen LogP contribution is -2.25. The molecule has 1 atom stereocenters. The van der Waals surface area contributed by atoms with Gasteiger partial charge in [0.25, 0.3) is 0 Å². The number of ether oxygens (including phenoxy) is 3. The van der Waals surface area contributed by atoms with Crippen molar-refractivity contribution in [3.8, 4) is 0 Å². The first-order valence-corrected chi connectivity index (χ1v) is 10.7. The summed E-state index contributed by atoms with van der Waals surface area (Å²) >= 11 is 0. The van der Waals surface area contributed by atoms with Crippen LogP contribution in [0.15, 0.2) is 60.7 Å². The topological polar surface area (TPSA) is 27.7 Å². The minimum absolute atomic E-state index is 0.0985. The Morgan fingerprint density at radius 2 is 1.36 bits per heavy atom. The molecule has 0 spiro atoms. The van der Waals surface area contributed by atoms with E-state index in [0.717, 1.165) is 18.9 Å². The Kier molecular flexibility index (Phi) is 9.55. The van der Waals surface area contributed by atoms with Crippen LogP contribution in [-0.2, 0) is 27.4 Å². The van der Waals surface area contributed by atoms with E-state index in [0.29, 0.717) is 26.4 Å². The Labute approximate surface area is 170 Å². The second-order valence-electron chi connectivity index (χ2n) is 7.79. The van der Waals surface area contributed by atoms with Crippen LogP contribution in [0.2, 0.25) is 0 Å². The van der Waals surface area contributed by atoms with Gasteiger partial charge in [0.2, 0.25) is 0 Å². The maximum Gasteiger partial charge on any atom is 0.0830 e. The van der Waals surface area contributed by atoms with Gasteiger partial charge in [-0.15, -0.1) is 0 Å². The van der Waals surface area contributed by atoms with Gasteiger partial charge < -0.3 is 14.2 Å². The largest absolute Gasteiger partial charge is 0.377 e. The van der Waals surface area contributed by atoms with Gasteiger partial charge in [-0.1, -0.05) is 79.9 Å². The van der Waals surface area contributed by atoms with Crippen molar-refractivity contribution in [1.82, 2.24) is 0 Å². The normalized spacial score (nSPS) is 16.1. The Hall–Kier alpha value is -1.68. The summed E-state index contributed by atoms with van der Waals surface area (Å²) in [6.07, 6.45) is 7.67. The molecule has 0 amide bonds. The molecule has 3 heteroatoms. The zero-order chi connectivity index (χ0) is 19.3. The molecule has 0 aromatic heterocycles. The summed E-state index contributed by atoms with van der Waals surface area (Å²) < 4.78 is 18.1. The van der Waals surface area contributed by atoms with Crippen molar-refractivity contribution in [2.24, 2.45) is 5.92 Å². The van der Waals surface area contributed by atoms with Gasteiger partial charge in [0.1, 0.15) is 0 Å². The molecule has 1 fully saturated rings. The Morgan fingerprint density at radius 1 is 0.750 bits per heavy atom. The molecule has 0 N–H and O–H groups in total. The van der Waals surface area contributed by atoms with E-state index >= 15 is 0 Å². The molecule has 0 bridgehead atoms. The molecule has 2 aromatic rings. The highest BCUT2D eigenvalue weighted by atomic mass is 16.5. The molecule has 152 valence electrons. The molecule has 0 aliphatic heterocycles. The Balaban J connectivity index is 1.39. The van der Waals surface area contributed by atoms with Crippen molar-refractivity contribution in [3.63, 3.8) is 0 Å². The van der Waals surface area contributed by atoms with Gasteiger partial charge in [0, 0.05) is 13.2 Å². The lowest BCUT2D eigenvalue weighted by Gasteiger charge is -2.25. The lowest BCUT2D eigenvalue weighted by molar-refractivity contribution is -0.0522. The smallest absolute Gasteiger partial charge is 0.0830 e. The highest BCUT2D eigenvalue weighted by molar-refractivity contribution is 5.14. The highest BCUT2D eigenvalue weighted by Crippen LogP contribution is 2.24. The maximum atomic E-state index is 6.27. The average Bonchev–Trinajstić information content (AvgIpc) is 2.76. The van der Waals surface area contributed by atoms with E-state index in [9.17, 15) is 0 Å². The van der Waals surface area contributed by atoms with Crippen molar-refractivity contribution in [1.29, 1.82) is 0 Å². The van der Waals surface area contributed by atoms with E-state index in [2.05, 4.69) is 24.3 Å². The van der Waals surface area contributed by atoms with Crippen LogP contribution in [0.1, 0.15) is 49.7 Å². The fourth-order valence-corrected chi connectivity index (χ4v) is 3.70. The number of benzene rings is 2. The molecule has 28 heavy (non-hydrogen) atoms. The van der Waals surface area contributed by atoms with Crippen LogP contribution in [0.3, 0.4) is 0 Å². The molecule has 1 unspecified atom stereocenters. The quantitative estimate of drug-likeness (QED) is 0.436. The third-order valence-corrected chi connectivity index (χ3v) is 5.40. The van der Waals surface area contributed by atoms with Gasteiger partial charge in [-0.25, -0.2) is 0 Å². The number of hydrogen-bond donors (Lipinski definition) is 0. The fourth-order valence-electron chi connectivity index (χ4n) is 3.70. The summed E-state index contributed by atoms with van der Waals surface area (Å²) in [7, 11) is 0. The van der Waals surface area contributed by atoms with Crippen molar-refractivity contribution in [2.45, 2.75) is 57.8 Å². The van der Waals surface area contributed by atoms with Crippen LogP contribution < -0.4 is 0 Å². The summed E-state index contributed by atoms with van der Waals surface area (Å²) in [4.78, 5) is 0. The third kappa shape index (κ3) is 8.14. The molecule has 0 radical (unpaired) electrons. The van der Waals surface area contributed by atoms with Crippen molar-refractivity contribution in [2.75, 3.05) is 19.8 Å². The van der Waals surface area contributed by atoms with Crippen LogP contribution in [0.25, 0.3) is 0 Å². The average molecular weight is 383 g/mol. The zero-order valence-electron chi connectivity index (χ0n) is 16.9. The van der Waals surface area contributed by atoms with Crippen LogP contribution >= 0.6 is 0 Å². The summed E-state index contributed by atoms with van der Waals surface area (Å²) in [6.45, 7) is 3.46. The lowest BCUT2D eigenvalue weighted by atomic mass is 9.90. The fraction of sp³-hybridized carbons (Fsp3) is 0.520. The van der Waals surface area contributed by atoms with E-state index in [1.54, 1.807) is 0 Å². The second-order valence-corrected chi connectivity index (χ2v) is 7.79. The van der Waals surface area contributed by atoms with Gasteiger partial charge in [0.05, 0.1) is 25.9 Å². The minimum Gasteiger partial charge on any atom is -0.377 e. The van der Waals surface area contributed by atoms with Crippen molar-refractivity contribution in [3.05, 3.63) is 71.8 Å². The molecule has 0 saturated heterocycles. The Bertz CT molecular complexity index is 623. The number of hydrogen-bond acceptors (Lipinski definition) is 3. The van der Waals surface area contributed by atoms with Crippen LogP contribution in [0.4, 0.5) is 0 Å². The van der Waals surface area contributed by atoms with E-state index in [1.165, 1.54) is 43.2 Å². The molecule has 1 aliphatic carbocycles.